The van der Waals surface area contributed by atoms with Gasteiger partial charge in [0.05, 0.1) is 17.8 Å². The molecule has 3 N–H and O–H groups in total. The Morgan fingerprint density at radius 1 is 1.41 bits per heavy atom. The minimum absolute atomic E-state index is 0.283. The second-order valence-corrected chi connectivity index (χ2v) is 4.69. The molecule has 2 aromatic rings. The Morgan fingerprint density at radius 2 is 2.24 bits per heavy atom. The first-order chi connectivity index (χ1) is 8.18. The number of hydrogen-bond acceptors (Lipinski definition) is 3. The fourth-order valence-corrected chi connectivity index (χ4v) is 1.77. The molecule has 4 heteroatoms. The second-order valence-electron chi connectivity index (χ2n) is 4.69. The number of hydrogen-bond donors (Lipinski definition) is 3. The van der Waals surface area contributed by atoms with E-state index in [4.69, 9.17) is 0 Å². The highest BCUT2D eigenvalue weighted by atomic mass is 16.3. The molecule has 1 unspecified atom stereocenters. The number of benzene rings is 1. The molecule has 2 rings (SSSR count). The van der Waals surface area contributed by atoms with Crippen LogP contribution in [0.1, 0.15) is 19.4 Å². The normalized spacial score (nSPS) is 13.4. The molecule has 92 valence electrons. The maximum Gasteiger partial charge on any atom is 0.0695 e. The van der Waals surface area contributed by atoms with E-state index in [1.54, 1.807) is 0 Å². The van der Waals surface area contributed by atoms with Gasteiger partial charge in [0.25, 0.3) is 0 Å². The van der Waals surface area contributed by atoms with E-state index in [1.807, 2.05) is 32.2 Å². The molecule has 0 fully saturated rings. The minimum Gasteiger partial charge on any atom is -0.392 e. The molecule has 0 aliphatic carbocycles. The molecule has 0 amide bonds. The summed E-state index contributed by atoms with van der Waals surface area (Å²) in [5.74, 6) is 0.283. The van der Waals surface area contributed by atoms with Gasteiger partial charge in [-0.25, -0.2) is 0 Å². The number of aliphatic hydroxyl groups excluding tert-OH is 1. The van der Waals surface area contributed by atoms with Gasteiger partial charge in [-0.3, -0.25) is 5.10 Å². The molecule has 0 aliphatic rings. The van der Waals surface area contributed by atoms with Crippen LogP contribution in [0.5, 0.6) is 0 Å². The first kappa shape index (κ1) is 12.1. The zero-order chi connectivity index (χ0) is 12.3. The third kappa shape index (κ3) is 2.84. The minimum atomic E-state index is -0.295. The van der Waals surface area contributed by atoms with Crippen molar-refractivity contribution in [3.05, 3.63) is 30.0 Å². The van der Waals surface area contributed by atoms with Crippen LogP contribution in [-0.4, -0.2) is 28.0 Å². The van der Waals surface area contributed by atoms with Crippen molar-refractivity contribution in [2.45, 2.75) is 26.5 Å². The number of fused-ring (bicyclic) bond motifs is 1. The van der Waals surface area contributed by atoms with Gasteiger partial charge in [-0.1, -0.05) is 32.0 Å². The van der Waals surface area contributed by atoms with Gasteiger partial charge in [0.1, 0.15) is 0 Å². The highest BCUT2D eigenvalue weighted by Gasteiger charge is 2.08. The number of rotatable bonds is 5. The number of nitrogens with one attached hydrogen (secondary N) is 2. The zero-order valence-corrected chi connectivity index (χ0v) is 10.3. The van der Waals surface area contributed by atoms with E-state index >= 15 is 0 Å². The second kappa shape index (κ2) is 5.29. The molecular weight excluding hydrogens is 214 g/mol. The predicted octanol–water partition coefficient (Wildman–Crippen LogP) is 1.67. The number of aromatic amines is 1. The van der Waals surface area contributed by atoms with Crippen LogP contribution in [0.15, 0.2) is 24.4 Å². The van der Waals surface area contributed by atoms with Crippen molar-refractivity contribution in [2.75, 3.05) is 6.54 Å². The highest BCUT2D eigenvalue weighted by molar-refractivity contribution is 5.81. The zero-order valence-electron chi connectivity index (χ0n) is 10.3. The summed E-state index contributed by atoms with van der Waals surface area (Å²) in [6.45, 7) is 5.38. The van der Waals surface area contributed by atoms with Crippen molar-refractivity contribution < 1.29 is 5.11 Å². The van der Waals surface area contributed by atoms with Crippen molar-refractivity contribution in [1.82, 2.24) is 15.5 Å². The number of aromatic nitrogens is 2. The van der Waals surface area contributed by atoms with Crippen LogP contribution < -0.4 is 5.32 Å². The van der Waals surface area contributed by atoms with Crippen LogP contribution in [0.3, 0.4) is 0 Å². The van der Waals surface area contributed by atoms with E-state index in [1.165, 1.54) is 5.56 Å². The molecule has 4 nitrogen and oxygen atoms in total. The van der Waals surface area contributed by atoms with Gasteiger partial charge < -0.3 is 10.4 Å². The fourth-order valence-electron chi connectivity index (χ4n) is 1.77. The average Bonchev–Trinajstić information content (AvgIpc) is 2.77. The smallest absolute Gasteiger partial charge is 0.0695 e. The molecule has 0 saturated heterocycles. The molecular formula is C13H19N3O. The van der Waals surface area contributed by atoms with Crippen LogP contribution in [0.2, 0.25) is 0 Å². The summed E-state index contributed by atoms with van der Waals surface area (Å²) in [7, 11) is 0. The lowest BCUT2D eigenvalue weighted by atomic mass is 10.1. The summed E-state index contributed by atoms with van der Waals surface area (Å²) in [6, 6.07) is 6.12. The molecule has 1 aromatic heterocycles. The maximum atomic E-state index is 9.70. The first-order valence-electron chi connectivity index (χ1n) is 5.98. The number of nitrogens with zero attached hydrogens (tertiary/aromatic N) is 1. The number of aliphatic hydroxyl groups is 1. The van der Waals surface area contributed by atoms with Crippen molar-refractivity contribution >= 4 is 10.9 Å². The molecule has 0 aliphatic heterocycles. The van der Waals surface area contributed by atoms with E-state index < -0.39 is 0 Å². The summed E-state index contributed by atoms with van der Waals surface area (Å²) >= 11 is 0. The average molecular weight is 233 g/mol. The largest absolute Gasteiger partial charge is 0.392 e. The van der Waals surface area contributed by atoms with Crippen LogP contribution in [0.25, 0.3) is 10.9 Å². The van der Waals surface area contributed by atoms with Gasteiger partial charge in [0.15, 0.2) is 0 Å². The third-order valence-electron chi connectivity index (χ3n) is 3.00. The number of para-hydroxylation sites is 1. The van der Waals surface area contributed by atoms with Crippen molar-refractivity contribution in [2.24, 2.45) is 5.92 Å². The molecule has 1 atom stereocenters. The van der Waals surface area contributed by atoms with Gasteiger partial charge in [0.2, 0.25) is 0 Å². The Balaban J connectivity index is 1.97. The summed E-state index contributed by atoms with van der Waals surface area (Å²) in [5.41, 5.74) is 2.25. The van der Waals surface area contributed by atoms with Crippen molar-refractivity contribution in [3.8, 4) is 0 Å². The van der Waals surface area contributed by atoms with Crippen molar-refractivity contribution in [3.63, 3.8) is 0 Å². The summed E-state index contributed by atoms with van der Waals surface area (Å²) in [6.07, 6.45) is 1.53. The van der Waals surface area contributed by atoms with Crippen LogP contribution in [0.4, 0.5) is 0 Å². The van der Waals surface area contributed by atoms with Crippen LogP contribution >= 0.6 is 0 Å². The fraction of sp³-hybridized carbons (Fsp3) is 0.462. The quantitative estimate of drug-likeness (QED) is 0.736. The molecule has 1 heterocycles. The third-order valence-corrected chi connectivity index (χ3v) is 3.00. The van der Waals surface area contributed by atoms with Gasteiger partial charge in [0, 0.05) is 18.5 Å². The van der Waals surface area contributed by atoms with Gasteiger partial charge in [-0.15, -0.1) is 0 Å². The van der Waals surface area contributed by atoms with Gasteiger partial charge >= 0.3 is 0 Å². The van der Waals surface area contributed by atoms with Crippen LogP contribution in [-0.2, 0) is 6.54 Å². The molecule has 0 radical (unpaired) electrons. The monoisotopic (exact) mass is 233 g/mol. The van der Waals surface area contributed by atoms with E-state index in [2.05, 4.69) is 21.6 Å². The van der Waals surface area contributed by atoms with Crippen LogP contribution in [0, 0.1) is 5.92 Å². The summed E-state index contributed by atoms with van der Waals surface area (Å²) in [4.78, 5) is 0. The van der Waals surface area contributed by atoms with E-state index in [-0.39, 0.29) is 12.0 Å². The van der Waals surface area contributed by atoms with Crippen molar-refractivity contribution in [1.29, 1.82) is 0 Å². The molecule has 0 bridgehead atoms. The SMILES string of the molecule is CC(C)C(O)CNCc1cccc2cn[nH]c12. The standard InChI is InChI=1S/C13H19N3O/c1-9(2)12(17)8-14-6-10-4-3-5-11-7-15-16-13(10)11/h3-5,7,9,12,14,17H,6,8H2,1-2H3,(H,15,16). The van der Waals surface area contributed by atoms with E-state index in [0.717, 1.165) is 17.4 Å². The Morgan fingerprint density at radius 3 is 3.00 bits per heavy atom. The Bertz CT molecular complexity index is 478. The Labute approximate surface area is 101 Å². The van der Waals surface area contributed by atoms with E-state index in [0.29, 0.717) is 6.54 Å². The predicted molar refractivity (Wildman–Crippen MR) is 68.6 cm³/mol. The van der Waals surface area contributed by atoms with Gasteiger partial charge in [-0.2, -0.15) is 5.10 Å². The molecule has 0 spiro atoms. The highest BCUT2D eigenvalue weighted by Crippen LogP contribution is 2.15. The number of H-pyrrole nitrogens is 1. The maximum absolute atomic E-state index is 9.70. The molecule has 0 saturated carbocycles. The van der Waals surface area contributed by atoms with Gasteiger partial charge in [-0.05, 0) is 11.5 Å². The van der Waals surface area contributed by atoms with E-state index in [9.17, 15) is 5.11 Å². The molecule has 1 aromatic carbocycles. The molecule has 17 heavy (non-hydrogen) atoms. The lowest BCUT2D eigenvalue weighted by Gasteiger charge is -2.15. The lowest BCUT2D eigenvalue weighted by molar-refractivity contribution is 0.123. The topological polar surface area (TPSA) is 60.9 Å². The summed E-state index contributed by atoms with van der Waals surface area (Å²) in [5, 5.41) is 21.1. The Kier molecular flexibility index (Phi) is 3.76. The Hall–Kier alpha value is -1.39. The lowest BCUT2D eigenvalue weighted by Crippen LogP contribution is -2.30. The summed E-state index contributed by atoms with van der Waals surface area (Å²) < 4.78 is 0. The first-order valence-corrected chi connectivity index (χ1v) is 5.98.